The number of imidazole rings is 1. The fourth-order valence-corrected chi connectivity index (χ4v) is 2.26. The largest absolute Gasteiger partial charge is 0.481 e. The van der Waals surface area contributed by atoms with Crippen LogP contribution in [0.25, 0.3) is 22.1 Å². The normalized spacial score (nSPS) is 10.5. The van der Waals surface area contributed by atoms with E-state index < -0.39 is 17.2 Å². The molecule has 0 aliphatic carbocycles. The molecular formula is C15H13N5O4. The number of hydrogen-bond donors (Lipinski definition) is 5. The van der Waals surface area contributed by atoms with Gasteiger partial charge in [-0.15, -0.1) is 0 Å². The highest BCUT2D eigenvalue weighted by atomic mass is 16.4. The Labute approximate surface area is 133 Å². The van der Waals surface area contributed by atoms with Crippen LogP contribution in [0, 0.1) is 0 Å². The van der Waals surface area contributed by atoms with Crippen molar-refractivity contribution < 1.29 is 9.90 Å². The quantitative estimate of drug-likeness (QED) is 0.368. The van der Waals surface area contributed by atoms with Gasteiger partial charge in [-0.05, 0) is 17.5 Å². The zero-order valence-corrected chi connectivity index (χ0v) is 12.3. The highest BCUT2D eigenvalue weighted by Crippen LogP contribution is 2.14. The van der Waals surface area contributed by atoms with Gasteiger partial charge < -0.3 is 15.1 Å². The summed E-state index contributed by atoms with van der Waals surface area (Å²) in [6.45, 7) is 0. The molecule has 24 heavy (non-hydrogen) atoms. The zero-order valence-electron chi connectivity index (χ0n) is 12.3. The number of nitrogens with zero attached hydrogens (tertiary/aromatic N) is 1. The molecule has 5 N–H and O–H groups in total. The van der Waals surface area contributed by atoms with Gasteiger partial charge in [-0.25, -0.2) is 9.78 Å². The maximum Gasteiger partial charge on any atom is 0.327 e. The van der Waals surface area contributed by atoms with Crippen molar-refractivity contribution in [2.45, 2.75) is 6.42 Å². The summed E-state index contributed by atoms with van der Waals surface area (Å²) in [5.74, 6) is -0.813. The van der Waals surface area contributed by atoms with Crippen LogP contribution < -0.4 is 11.2 Å². The Balaban J connectivity index is 0.000000143. The number of carboxylic acid groups (broad SMARTS) is 1. The number of aromatic nitrogens is 5. The van der Waals surface area contributed by atoms with E-state index in [0.29, 0.717) is 0 Å². The van der Waals surface area contributed by atoms with Crippen LogP contribution in [0.3, 0.4) is 0 Å². The number of nitrogens with one attached hydrogen (secondary N) is 4. The number of carbonyl (C=O) groups is 1. The van der Waals surface area contributed by atoms with E-state index in [9.17, 15) is 14.4 Å². The molecule has 9 heteroatoms. The first-order valence-corrected chi connectivity index (χ1v) is 6.97. The molecule has 0 spiro atoms. The Morgan fingerprint density at radius 1 is 1.12 bits per heavy atom. The average Bonchev–Trinajstić information content (AvgIpc) is 3.12. The highest BCUT2D eigenvalue weighted by Gasteiger charge is 2.03. The Morgan fingerprint density at radius 3 is 2.67 bits per heavy atom. The van der Waals surface area contributed by atoms with Gasteiger partial charge in [0.1, 0.15) is 5.52 Å². The van der Waals surface area contributed by atoms with Gasteiger partial charge in [0.05, 0.1) is 12.7 Å². The smallest absolute Gasteiger partial charge is 0.327 e. The second-order valence-corrected chi connectivity index (χ2v) is 4.99. The summed E-state index contributed by atoms with van der Waals surface area (Å²) in [7, 11) is 0. The summed E-state index contributed by atoms with van der Waals surface area (Å²) >= 11 is 0. The van der Waals surface area contributed by atoms with Crippen molar-refractivity contribution in [1.82, 2.24) is 24.9 Å². The van der Waals surface area contributed by atoms with Gasteiger partial charge in [0.2, 0.25) is 0 Å². The van der Waals surface area contributed by atoms with Crippen molar-refractivity contribution in [2.24, 2.45) is 0 Å². The van der Waals surface area contributed by atoms with Gasteiger partial charge in [0.25, 0.3) is 5.56 Å². The van der Waals surface area contributed by atoms with E-state index in [2.05, 4.69) is 24.9 Å². The summed E-state index contributed by atoms with van der Waals surface area (Å²) in [6.07, 6.45) is 1.39. The van der Waals surface area contributed by atoms with Crippen LogP contribution in [-0.2, 0) is 11.2 Å². The minimum Gasteiger partial charge on any atom is -0.481 e. The minimum absolute atomic E-state index is 0.0503. The Kier molecular flexibility index (Phi) is 3.98. The molecule has 0 saturated heterocycles. The molecule has 0 saturated carbocycles. The Bertz CT molecular complexity index is 1080. The average molecular weight is 327 g/mol. The van der Waals surface area contributed by atoms with Crippen molar-refractivity contribution in [3.05, 3.63) is 63.2 Å². The van der Waals surface area contributed by atoms with E-state index in [1.807, 2.05) is 30.3 Å². The first-order chi connectivity index (χ1) is 11.5. The summed E-state index contributed by atoms with van der Waals surface area (Å²) in [5.41, 5.74) is 1.28. The van der Waals surface area contributed by atoms with Crippen LogP contribution >= 0.6 is 0 Å². The number of fused-ring (bicyclic) bond motifs is 2. The molecule has 0 aliphatic heterocycles. The number of carboxylic acids is 1. The molecule has 0 amide bonds. The van der Waals surface area contributed by atoms with Gasteiger partial charge >= 0.3 is 11.7 Å². The second kappa shape index (κ2) is 6.24. The maximum absolute atomic E-state index is 10.9. The van der Waals surface area contributed by atoms with Crippen molar-refractivity contribution in [3.63, 3.8) is 0 Å². The molecule has 0 unspecified atom stereocenters. The van der Waals surface area contributed by atoms with Crippen LogP contribution in [-0.4, -0.2) is 36.0 Å². The molecule has 4 aromatic rings. The Hall–Kier alpha value is -3.62. The van der Waals surface area contributed by atoms with E-state index >= 15 is 0 Å². The lowest BCUT2D eigenvalue weighted by molar-refractivity contribution is -0.136. The van der Waals surface area contributed by atoms with Crippen molar-refractivity contribution in [2.75, 3.05) is 0 Å². The maximum atomic E-state index is 10.9. The van der Waals surface area contributed by atoms with Crippen LogP contribution in [0.1, 0.15) is 5.69 Å². The summed E-state index contributed by atoms with van der Waals surface area (Å²) in [5, 5.41) is 9.63. The predicted octanol–water partition coefficient (Wildman–Crippen LogP) is 0.734. The third kappa shape index (κ3) is 3.24. The molecule has 0 fully saturated rings. The SMILES string of the molecule is O=C(O)Cc1cc2ccccc2[nH]1.O=c1[nH]c(=O)c2[nH]cnc2[nH]1. The van der Waals surface area contributed by atoms with E-state index in [1.165, 1.54) is 6.33 Å². The molecule has 9 nitrogen and oxygen atoms in total. The van der Waals surface area contributed by atoms with Crippen LogP contribution in [0.2, 0.25) is 0 Å². The third-order valence-electron chi connectivity index (χ3n) is 3.25. The fraction of sp³-hybridized carbons (Fsp3) is 0.0667. The van der Waals surface area contributed by atoms with Gasteiger partial charge in [-0.3, -0.25) is 19.6 Å². The number of aliphatic carboxylic acids is 1. The van der Waals surface area contributed by atoms with E-state index in [4.69, 9.17) is 5.11 Å². The second-order valence-electron chi connectivity index (χ2n) is 4.99. The van der Waals surface area contributed by atoms with E-state index in [0.717, 1.165) is 16.6 Å². The molecule has 1 aromatic carbocycles. The van der Waals surface area contributed by atoms with Gasteiger partial charge in [0.15, 0.2) is 5.65 Å². The monoisotopic (exact) mass is 327 g/mol. The molecule has 4 rings (SSSR count). The van der Waals surface area contributed by atoms with Gasteiger partial charge in [0, 0.05) is 11.2 Å². The van der Waals surface area contributed by atoms with E-state index in [-0.39, 0.29) is 17.6 Å². The number of H-pyrrole nitrogens is 4. The summed E-state index contributed by atoms with van der Waals surface area (Å²) in [6, 6.07) is 9.60. The molecule has 3 aromatic heterocycles. The van der Waals surface area contributed by atoms with Crippen LogP contribution in [0.15, 0.2) is 46.2 Å². The standard InChI is InChI=1S/C10H9NO2.C5H4N4O2/c12-10(13)6-8-5-7-3-1-2-4-9(7)11-8;10-4-2-3(7-1-6-2)8-5(11)9-4/h1-5,11H,6H2,(H,12,13);1H,(H3,6,7,8,9,10,11). The number of aromatic amines is 4. The van der Waals surface area contributed by atoms with Crippen LogP contribution in [0.4, 0.5) is 0 Å². The van der Waals surface area contributed by atoms with Crippen molar-refractivity contribution in [3.8, 4) is 0 Å². The predicted molar refractivity (Wildman–Crippen MR) is 87.0 cm³/mol. The van der Waals surface area contributed by atoms with Gasteiger partial charge in [-0.2, -0.15) is 0 Å². The lowest BCUT2D eigenvalue weighted by Gasteiger charge is -1.88. The number of para-hydroxylation sites is 1. The summed E-state index contributed by atoms with van der Waals surface area (Å²) in [4.78, 5) is 45.7. The van der Waals surface area contributed by atoms with Gasteiger partial charge in [-0.1, -0.05) is 18.2 Å². The molecule has 122 valence electrons. The van der Waals surface area contributed by atoms with Crippen molar-refractivity contribution in [1.29, 1.82) is 0 Å². The number of rotatable bonds is 2. The molecule has 3 heterocycles. The summed E-state index contributed by atoms with van der Waals surface area (Å²) < 4.78 is 0. The third-order valence-corrected chi connectivity index (χ3v) is 3.25. The molecule has 0 atom stereocenters. The molecule has 0 radical (unpaired) electrons. The topological polar surface area (TPSA) is 147 Å². The first-order valence-electron chi connectivity index (χ1n) is 6.97. The van der Waals surface area contributed by atoms with E-state index in [1.54, 1.807) is 0 Å². The first kappa shape index (κ1) is 15.3. The molecular weight excluding hydrogens is 314 g/mol. The lowest BCUT2D eigenvalue weighted by atomic mass is 10.2. The minimum atomic E-state index is -0.813. The molecule has 0 aliphatic rings. The molecule has 0 bridgehead atoms. The van der Waals surface area contributed by atoms with Crippen molar-refractivity contribution >= 4 is 28.0 Å². The Morgan fingerprint density at radius 2 is 1.92 bits per heavy atom. The lowest BCUT2D eigenvalue weighted by Crippen LogP contribution is -2.21. The number of benzene rings is 1. The number of hydrogen-bond acceptors (Lipinski definition) is 4. The zero-order chi connectivity index (χ0) is 17.1. The highest BCUT2D eigenvalue weighted by molar-refractivity contribution is 5.82. The fourth-order valence-electron chi connectivity index (χ4n) is 2.26. The van der Waals surface area contributed by atoms with Crippen LogP contribution in [0.5, 0.6) is 0 Å².